The van der Waals surface area contributed by atoms with E-state index in [1.54, 1.807) is 4.52 Å². The molecule has 1 atom stereocenters. The van der Waals surface area contributed by atoms with Gasteiger partial charge in [-0.25, -0.2) is 9.50 Å². The summed E-state index contributed by atoms with van der Waals surface area (Å²) in [5.74, 6) is 0.833. The number of nitrogens with one attached hydrogen (secondary N) is 1. The summed E-state index contributed by atoms with van der Waals surface area (Å²) in [7, 11) is 0. The van der Waals surface area contributed by atoms with Crippen LogP contribution >= 0.6 is 11.8 Å². The van der Waals surface area contributed by atoms with Crippen LogP contribution in [0, 0.1) is 20.8 Å². The van der Waals surface area contributed by atoms with Gasteiger partial charge in [-0.15, -0.1) is 5.10 Å². The molecule has 0 unspecified atom stereocenters. The Morgan fingerprint density at radius 2 is 1.89 bits per heavy atom. The van der Waals surface area contributed by atoms with E-state index < -0.39 is 0 Å². The summed E-state index contributed by atoms with van der Waals surface area (Å²) in [6, 6.07) is 8.06. The van der Waals surface area contributed by atoms with Crippen molar-refractivity contribution >= 4 is 29.1 Å². The van der Waals surface area contributed by atoms with E-state index in [-0.39, 0.29) is 11.2 Å². The lowest BCUT2D eigenvalue weighted by Gasteiger charge is -2.18. The van der Waals surface area contributed by atoms with Gasteiger partial charge in [0.05, 0.1) is 5.25 Å². The molecule has 0 aliphatic rings. The summed E-state index contributed by atoms with van der Waals surface area (Å²) in [4.78, 5) is 21.6. The number of para-hydroxylation sites is 1. The monoisotopic (exact) mass is 383 g/mol. The number of carbonyl (C=O) groups excluding carboxylic acids is 1. The minimum absolute atomic E-state index is 0.0593. The lowest BCUT2D eigenvalue weighted by Crippen LogP contribution is -2.24. The minimum atomic E-state index is -0.330. The molecule has 0 bridgehead atoms. The number of aryl methyl sites for hydroxylation is 3. The normalized spacial score (nSPS) is 12.6. The Labute approximate surface area is 163 Å². The van der Waals surface area contributed by atoms with Crippen molar-refractivity contribution in [2.24, 2.45) is 0 Å². The Balaban J connectivity index is 1.78. The molecule has 3 aromatic rings. The topological polar surface area (TPSA) is 72.2 Å². The smallest absolute Gasteiger partial charge is 0.253 e. The molecule has 1 N–H and O–H groups in total. The fourth-order valence-electron chi connectivity index (χ4n) is 2.98. The minimum Gasteiger partial charge on any atom is -0.325 e. The number of hydrogen-bond acceptors (Lipinski definition) is 5. The van der Waals surface area contributed by atoms with Crippen LogP contribution in [-0.2, 0) is 4.79 Å². The molecule has 6 nitrogen and oxygen atoms in total. The molecule has 0 aliphatic heterocycles. The van der Waals surface area contributed by atoms with Gasteiger partial charge in [-0.3, -0.25) is 4.79 Å². The number of benzene rings is 1. The molecule has 1 aromatic carbocycles. The Morgan fingerprint density at radius 1 is 1.15 bits per heavy atom. The highest BCUT2D eigenvalue weighted by atomic mass is 32.2. The molecule has 2 heterocycles. The summed E-state index contributed by atoms with van der Waals surface area (Å²) < 4.78 is 1.71. The largest absolute Gasteiger partial charge is 0.325 e. The molecule has 27 heavy (non-hydrogen) atoms. The van der Waals surface area contributed by atoms with Crippen LogP contribution in [0.2, 0.25) is 0 Å². The van der Waals surface area contributed by atoms with E-state index >= 15 is 0 Å². The van der Waals surface area contributed by atoms with Crippen molar-refractivity contribution in [3.63, 3.8) is 0 Å². The molecule has 142 valence electrons. The number of anilines is 1. The van der Waals surface area contributed by atoms with Crippen molar-refractivity contribution in [2.45, 2.75) is 57.9 Å². The predicted octanol–water partition coefficient (Wildman–Crippen LogP) is 4.29. The first kappa shape index (κ1) is 19.4. The second-order valence-electron chi connectivity index (χ2n) is 7.09. The van der Waals surface area contributed by atoms with E-state index in [0.717, 1.165) is 28.2 Å². The van der Waals surface area contributed by atoms with Gasteiger partial charge in [0, 0.05) is 17.1 Å². The van der Waals surface area contributed by atoms with Crippen LogP contribution in [0.4, 0.5) is 5.69 Å². The summed E-state index contributed by atoms with van der Waals surface area (Å²) in [6.07, 6.45) is 0. The van der Waals surface area contributed by atoms with E-state index in [9.17, 15) is 4.79 Å². The standard InChI is InChI=1S/C20H25N5OS/c1-11(2)16-9-7-8-12(3)17(16)22-18(26)15(6)27-20-23-19-21-13(4)10-14(5)25(19)24-20/h7-11,15H,1-6H3,(H,22,26)/t15-/m0/s1. The van der Waals surface area contributed by atoms with Gasteiger partial charge in [-0.1, -0.05) is 43.8 Å². The van der Waals surface area contributed by atoms with E-state index in [4.69, 9.17) is 0 Å². The van der Waals surface area contributed by atoms with Crippen LogP contribution in [-0.4, -0.2) is 30.7 Å². The molecule has 2 aromatic heterocycles. The van der Waals surface area contributed by atoms with Crippen LogP contribution in [0.25, 0.3) is 5.78 Å². The van der Waals surface area contributed by atoms with Crippen molar-refractivity contribution in [2.75, 3.05) is 5.32 Å². The summed E-state index contributed by atoms with van der Waals surface area (Å²) in [5.41, 5.74) is 4.97. The molecule has 1 amide bonds. The van der Waals surface area contributed by atoms with Crippen LogP contribution in [0.5, 0.6) is 0 Å². The van der Waals surface area contributed by atoms with E-state index in [2.05, 4.69) is 40.3 Å². The maximum absolute atomic E-state index is 12.8. The Morgan fingerprint density at radius 3 is 2.59 bits per heavy atom. The van der Waals surface area contributed by atoms with Gasteiger partial charge in [0.2, 0.25) is 11.1 Å². The maximum atomic E-state index is 12.8. The number of thioether (sulfide) groups is 1. The quantitative estimate of drug-likeness (QED) is 0.665. The zero-order chi connectivity index (χ0) is 19.7. The molecule has 0 saturated heterocycles. The first-order valence-corrected chi connectivity index (χ1v) is 9.92. The van der Waals surface area contributed by atoms with Crippen LogP contribution < -0.4 is 5.32 Å². The number of hydrogen-bond donors (Lipinski definition) is 1. The number of carbonyl (C=O) groups is 1. The first-order chi connectivity index (χ1) is 12.8. The second kappa shape index (κ2) is 7.68. The van der Waals surface area contributed by atoms with Gasteiger partial charge in [0.25, 0.3) is 5.78 Å². The third kappa shape index (κ3) is 4.13. The molecule has 3 rings (SSSR count). The maximum Gasteiger partial charge on any atom is 0.253 e. The summed E-state index contributed by atoms with van der Waals surface area (Å²) in [5, 5.41) is 7.79. The van der Waals surface area contributed by atoms with Crippen LogP contribution in [0.3, 0.4) is 0 Å². The summed E-state index contributed by atoms with van der Waals surface area (Å²) >= 11 is 1.34. The zero-order valence-corrected chi connectivity index (χ0v) is 17.4. The predicted molar refractivity (Wildman–Crippen MR) is 109 cm³/mol. The highest BCUT2D eigenvalue weighted by Gasteiger charge is 2.20. The molecule has 0 radical (unpaired) electrons. The Hall–Kier alpha value is -2.41. The first-order valence-electron chi connectivity index (χ1n) is 9.04. The SMILES string of the molecule is Cc1cc(C)n2nc(S[C@@H](C)C(=O)Nc3c(C)cccc3C(C)C)nc2n1. The summed E-state index contributed by atoms with van der Waals surface area (Å²) in [6.45, 7) is 12.0. The number of rotatable bonds is 5. The highest BCUT2D eigenvalue weighted by Crippen LogP contribution is 2.29. The molecule has 0 saturated carbocycles. The van der Waals surface area contributed by atoms with Gasteiger partial charge < -0.3 is 5.32 Å². The third-order valence-corrected chi connectivity index (χ3v) is 5.38. The number of amides is 1. The van der Waals surface area contributed by atoms with Crippen molar-refractivity contribution in [3.8, 4) is 0 Å². The van der Waals surface area contributed by atoms with E-state index in [1.807, 2.05) is 45.9 Å². The Kier molecular flexibility index (Phi) is 5.51. The van der Waals surface area contributed by atoms with Crippen molar-refractivity contribution in [1.82, 2.24) is 19.6 Å². The fraction of sp³-hybridized carbons (Fsp3) is 0.400. The van der Waals surface area contributed by atoms with E-state index in [1.165, 1.54) is 11.8 Å². The third-order valence-electron chi connectivity index (χ3n) is 4.43. The average Bonchev–Trinajstić information content (AvgIpc) is 2.98. The van der Waals surface area contributed by atoms with Gasteiger partial charge in [-0.05, 0) is 50.8 Å². The van der Waals surface area contributed by atoms with Crippen molar-refractivity contribution < 1.29 is 4.79 Å². The van der Waals surface area contributed by atoms with Crippen LogP contribution in [0.15, 0.2) is 29.4 Å². The number of fused-ring (bicyclic) bond motifs is 1. The van der Waals surface area contributed by atoms with Gasteiger partial charge in [-0.2, -0.15) is 4.98 Å². The number of aromatic nitrogens is 4. The molecule has 0 fully saturated rings. The second-order valence-corrected chi connectivity index (χ2v) is 8.40. The Bertz CT molecular complexity index is 995. The highest BCUT2D eigenvalue weighted by molar-refractivity contribution is 8.00. The van der Waals surface area contributed by atoms with Gasteiger partial charge >= 0.3 is 0 Å². The fourth-order valence-corrected chi connectivity index (χ4v) is 3.72. The lowest BCUT2D eigenvalue weighted by molar-refractivity contribution is -0.115. The molecule has 0 spiro atoms. The molecular formula is C20H25N5OS. The van der Waals surface area contributed by atoms with E-state index in [0.29, 0.717) is 16.9 Å². The molecular weight excluding hydrogens is 358 g/mol. The average molecular weight is 384 g/mol. The van der Waals surface area contributed by atoms with Crippen LogP contribution in [0.1, 0.15) is 49.2 Å². The van der Waals surface area contributed by atoms with Gasteiger partial charge in [0.1, 0.15) is 0 Å². The molecule has 0 aliphatic carbocycles. The molecule has 7 heteroatoms. The van der Waals surface area contributed by atoms with Crippen molar-refractivity contribution in [1.29, 1.82) is 0 Å². The van der Waals surface area contributed by atoms with Gasteiger partial charge in [0.15, 0.2) is 0 Å². The van der Waals surface area contributed by atoms with Crippen molar-refractivity contribution in [3.05, 3.63) is 46.8 Å². The number of nitrogens with zero attached hydrogens (tertiary/aromatic N) is 4. The zero-order valence-electron chi connectivity index (χ0n) is 16.6. The lowest BCUT2D eigenvalue weighted by atomic mass is 9.98.